The Labute approximate surface area is 205 Å². The van der Waals surface area contributed by atoms with Crippen LogP contribution in [0.1, 0.15) is 18.1 Å². The van der Waals surface area contributed by atoms with Crippen molar-refractivity contribution in [2.24, 2.45) is 5.10 Å². The predicted octanol–water partition coefficient (Wildman–Crippen LogP) is 4.18. The Balaban J connectivity index is 1.48. The molecule has 0 saturated heterocycles. The normalized spacial score (nSPS) is 11.3. The number of nitro benzene ring substituents is 1. The van der Waals surface area contributed by atoms with Crippen molar-refractivity contribution in [3.05, 3.63) is 94.3 Å². The van der Waals surface area contributed by atoms with Gasteiger partial charge in [-0.05, 0) is 55.8 Å². The number of non-ortho nitro benzene ring substituents is 1. The van der Waals surface area contributed by atoms with Gasteiger partial charge in [0.2, 0.25) is 0 Å². The molecule has 4 rings (SSSR count). The molecule has 0 atom stereocenters. The second-order valence-electron chi connectivity index (χ2n) is 7.54. The number of amides is 1. The minimum absolute atomic E-state index is 0.00851. The summed E-state index contributed by atoms with van der Waals surface area (Å²) >= 11 is 1.24. The number of hydrogen-bond acceptors (Lipinski definition) is 8. The second-order valence-corrected chi connectivity index (χ2v) is 8.48. The Morgan fingerprint density at radius 3 is 2.40 bits per heavy atom. The van der Waals surface area contributed by atoms with E-state index in [1.807, 2.05) is 47.9 Å². The fourth-order valence-electron chi connectivity index (χ4n) is 3.18. The summed E-state index contributed by atoms with van der Waals surface area (Å²) in [4.78, 5) is 26.9. The molecule has 2 heterocycles. The molecule has 1 N–H and O–H groups in total. The number of benzene rings is 2. The fraction of sp³-hybridized carbons (Fsp3) is 0.125. The first-order valence-corrected chi connectivity index (χ1v) is 11.5. The number of rotatable bonds is 8. The van der Waals surface area contributed by atoms with Gasteiger partial charge in [-0.2, -0.15) is 5.10 Å². The van der Waals surface area contributed by atoms with Crippen molar-refractivity contribution in [2.75, 3.05) is 5.75 Å². The van der Waals surface area contributed by atoms with Crippen LogP contribution < -0.4 is 5.43 Å². The Morgan fingerprint density at radius 1 is 1.06 bits per heavy atom. The minimum atomic E-state index is -0.468. The second kappa shape index (κ2) is 10.7. The number of nitrogens with zero attached hydrogens (tertiary/aromatic N) is 6. The Bertz CT molecular complexity index is 1370. The first-order chi connectivity index (χ1) is 16.9. The van der Waals surface area contributed by atoms with Gasteiger partial charge in [0.1, 0.15) is 0 Å². The van der Waals surface area contributed by atoms with Crippen LogP contribution in [0.3, 0.4) is 0 Å². The summed E-state index contributed by atoms with van der Waals surface area (Å²) in [7, 11) is 0. The number of nitrogens with one attached hydrogen (secondary N) is 1. The molecule has 0 bridgehead atoms. The maximum atomic E-state index is 12.5. The lowest BCUT2D eigenvalue weighted by atomic mass is 10.1. The maximum Gasteiger partial charge on any atom is 0.269 e. The largest absolute Gasteiger partial charge is 0.272 e. The van der Waals surface area contributed by atoms with Crippen LogP contribution in [0.5, 0.6) is 0 Å². The molecule has 0 unspecified atom stereocenters. The highest BCUT2D eigenvalue weighted by atomic mass is 32.2. The zero-order valence-electron chi connectivity index (χ0n) is 19.0. The van der Waals surface area contributed by atoms with Gasteiger partial charge in [0.05, 0.1) is 16.4 Å². The van der Waals surface area contributed by atoms with E-state index in [0.717, 1.165) is 16.8 Å². The SMILES string of the molecule is C/C(=N\NC(=O)CSc1nnc(-c2ccncc2)n1-c1ccc(C)cc1)c1ccc([N+](=O)[O-])cc1. The molecule has 0 fully saturated rings. The molecule has 0 spiro atoms. The summed E-state index contributed by atoms with van der Waals surface area (Å²) in [5.74, 6) is 0.392. The molecule has 1 amide bonds. The molecule has 0 saturated carbocycles. The monoisotopic (exact) mass is 487 g/mol. The first kappa shape index (κ1) is 23.8. The van der Waals surface area contributed by atoms with Gasteiger partial charge in [0.15, 0.2) is 11.0 Å². The third-order valence-electron chi connectivity index (χ3n) is 5.04. The summed E-state index contributed by atoms with van der Waals surface area (Å²) in [5, 5.41) is 24.1. The standard InChI is InChI=1S/C24H21N7O3S/c1-16-3-7-20(8-4-16)30-23(19-11-13-25-14-12-19)28-29-24(30)35-15-22(32)27-26-17(2)18-5-9-21(10-6-18)31(33)34/h3-14H,15H2,1-2H3,(H,27,32)/b26-17+. The summed E-state index contributed by atoms with van der Waals surface area (Å²) in [5.41, 5.74) is 6.57. The van der Waals surface area contributed by atoms with E-state index < -0.39 is 4.92 Å². The number of nitro groups is 1. The number of carbonyl (C=O) groups excluding carboxylic acids is 1. The highest BCUT2D eigenvalue weighted by Crippen LogP contribution is 2.27. The molecule has 176 valence electrons. The van der Waals surface area contributed by atoms with Crippen molar-refractivity contribution >= 4 is 29.1 Å². The molecular weight excluding hydrogens is 466 g/mol. The molecule has 0 aliphatic heterocycles. The van der Waals surface area contributed by atoms with Crippen LogP contribution in [0.4, 0.5) is 5.69 Å². The van der Waals surface area contributed by atoms with E-state index in [0.29, 0.717) is 22.3 Å². The van der Waals surface area contributed by atoms with Gasteiger partial charge in [-0.15, -0.1) is 10.2 Å². The van der Waals surface area contributed by atoms with Crippen LogP contribution in [0.25, 0.3) is 17.1 Å². The molecular formula is C24H21N7O3S. The van der Waals surface area contributed by atoms with Crippen molar-refractivity contribution in [1.29, 1.82) is 0 Å². The number of carbonyl (C=O) groups is 1. The zero-order chi connectivity index (χ0) is 24.8. The molecule has 35 heavy (non-hydrogen) atoms. The fourth-order valence-corrected chi connectivity index (χ4v) is 3.92. The summed E-state index contributed by atoms with van der Waals surface area (Å²) in [6, 6.07) is 17.6. The lowest BCUT2D eigenvalue weighted by Gasteiger charge is -2.10. The maximum absolute atomic E-state index is 12.5. The van der Waals surface area contributed by atoms with Gasteiger partial charge in [0.25, 0.3) is 11.6 Å². The van der Waals surface area contributed by atoms with Crippen LogP contribution in [-0.4, -0.2) is 42.0 Å². The van der Waals surface area contributed by atoms with E-state index in [4.69, 9.17) is 0 Å². The Kier molecular flexibility index (Phi) is 7.27. The number of hydrogen-bond donors (Lipinski definition) is 1. The van der Waals surface area contributed by atoms with Crippen LogP contribution >= 0.6 is 11.8 Å². The van der Waals surface area contributed by atoms with Crippen molar-refractivity contribution < 1.29 is 9.72 Å². The zero-order valence-corrected chi connectivity index (χ0v) is 19.8. The van der Waals surface area contributed by atoms with Gasteiger partial charge in [0, 0.05) is 35.8 Å². The molecule has 0 radical (unpaired) electrons. The topological polar surface area (TPSA) is 128 Å². The van der Waals surface area contributed by atoms with Gasteiger partial charge in [-0.3, -0.25) is 24.5 Å². The van der Waals surface area contributed by atoms with E-state index >= 15 is 0 Å². The van der Waals surface area contributed by atoms with Gasteiger partial charge < -0.3 is 0 Å². The predicted molar refractivity (Wildman–Crippen MR) is 134 cm³/mol. The molecule has 10 nitrogen and oxygen atoms in total. The molecule has 0 aliphatic rings. The van der Waals surface area contributed by atoms with Crippen molar-refractivity contribution in [1.82, 2.24) is 25.2 Å². The smallest absolute Gasteiger partial charge is 0.269 e. The highest BCUT2D eigenvalue weighted by molar-refractivity contribution is 7.99. The Morgan fingerprint density at radius 2 is 1.74 bits per heavy atom. The quantitative estimate of drug-likeness (QED) is 0.171. The number of hydrazone groups is 1. The highest BCUT2D eigenvalue weighted by Gasteiger charge is 2.17. The average Bonchev–Trinajstić information content (AvgIpc) is 3.31. The van der Waals surface area contributed by atoms with E-state index in [-0.39, 0.29) is 17.3 Å². The molecule has 11 heteroatoms. The van der Waals surface area contributed by atoms with Crippen molar-refractivity contribution in [3.8, 4) is 17.1 Å². The van der Waals surface area contributed by atoms with E-state index in [2.05, 4.69) is 25.7 Å². The number of aryl methyl sites for hydroxylation is 1. The van der Waals surface area contributed by atoms with Crippen molar-refractivity contribution in [3.63, 3.8) is 0 Å². The van der Waals surface area contributed by atoms with Crippen LogP contribution in [0.2, 0.25) is 0 Å². The lowest BCUT2D eigenvalue weighted by Crippen LogP contribution is -2.21. The molecule has 2 aromatic carbocycles. The van der Waals surface area contributed by atoms with Crippen LogP contribution in [0, 0.1) is 17.0 Å². The Hall–Kier alpha value is -4.38. The van der Waals surface area contributed by atoms with Crippen LogP contribution in [0.15, 0.2) is 83.3 Å². The van der Waals surface area contributed by atoms with E-state index in [1.165, 1.54) is 23.9 Å². The minimum Gasteiger partial charge on any atom is -0.272 e. The summed E-state index contributed by atoms with van der Waals surface area (Å²) in [6.45, 7) is 3.72. The van der Waals surface area contributed by atoms with E-state index in [9.17, 15) is 14.9 Å². The first-order valence-electron chi connectivity index (χ1n) is 10.6. The van der Waals surface area contributed by atoms with Crippen LogP contribution in [-0.2, 0) is 4.79 Å². The molecule has 4 aromatic rings. The third-order valence-corrected chi connectivity index (χ3v) is 5.97. The molecule has 0 aliphatic carbocycles. The number of aromatic nitrogens is 4. The number of thioether (sulfide) groups is 1. The molecule has 2 aromatic heterocycles. The third kappa shape index (κ3) is 5.76. The van der Waals surface area contributed by atoms with Gasteiger partial charge in [-0.25, -0.2) is 5.43 Å². The van der Waals surface area contributed by atoms with Crippen molar-refractivity contribution in [2.45, 2.75) is 19.0 Å². The summed E-state index contributed by atoms with van der Waals surface area (Å²) < 4.78 is 1.90. The van der Waals surface area contributed by atoms with Gasteiger partial charge >= 0.3 is 0 Å². The average molecular weight is 488 g/mol. The lowest BCUT2D eigenvalue weighted by molar-refractivity contribution is -0.384. The van der Waals surface area contributed by atoms with E-state index in [1.54, 1.807) is 31.5 Å². The number of pyridine rings is 1. The summed E-state index contributed by atoms with van der Waals surface area (Å²) in [6.07, 6.45) is 3.38. The van der Waals surface area contributed by atoms with Gasteiger partial charge in [-0.1, -0.05) is 29.5 Å².